The van der Waals surface area contributed by atoms with Crippen LogP contribution in [-0.2, 0) is 32.1 Å². The fraction of sp³-hybridized carbons (Fsp3) is 0.595. The van der Waals surface area contributed by atoms with E-state index in [9.17, 15) is 14.4 Å². The maximum absolute atomic E-state index is 14.6. The summed E-state index contributed by atoms with van der Waals surface area (Å²) in [7, 11) is 4.93. The summed E-state index contributed by atoms with van der Waals surface area (Å²) in [6.45, 7) is 5.55. The number of amides is 2. The molecule has 0 N–H and O–H groups in total. The number of carbonyl (C=O) groups is 3. The Labute approximate surface area is 272 Å². The van der Waals surface area contributed by atoms with E-state index >= 15 is 0 Å². The summed E-state index contributed by atoms with van der Waals surface area (Å²) in [5, 5.41) is 0. The van der Waals surface area contributed by atoms with Crippen LogP contribution in [0.5, 0.6) is 11.5 Å². The van der Waals surface area contributed by atoms with Crippen molar-refractivity contribution in [2.24, 2.45) is 23.2 Å². The van der Waals surface area contributed by atoms with Crippen LogP contribution in [0, 0.1) is 23.2 Å². The third-order valence-corrected chi connectivity index (χ3v) is 11.0. The van der Waals surface area contributed by atoms with Gasteiger partial charge in [-0.15, -0.1) is 0 Å². The SMILES string of the molecule is COc1ccc2cc1OC1CC34CCC1C(CC3CC(N(C)C(=O)OC(C)(C)C)C(=O)N(C)C(C(=O)OCc1ccccc1)C2)C4. The molecule has 2 amide bonds. The van der Waals surface area contributed by atoms with Gasteiger partial charge in [0.25, 0.3) is 0 Å². The van der Waals surface area contributed by atoms with Crippen molar-refractivity contribution in [1.82, 2.24) is 9.80 Å². The highest BCUT2D eigenvalue weighted by Gasteiger charge is 2.61. The number of carbonyl (C=O) groups excluding carboxylic acids is 3. The van der Waals surface area contributed by atoms with E-state index in [0.29, 0.717) is 29.8 Å². The Balaban J connectivity index is 1.39. The van der Waals surface area contributed by atoms with Gasteiger partial charge in [-0.3, -0.25) is 9.69 Å². The molecule has 1 spiro atoms. The van der Waals surface area contributed by atoms with E-state index in [-0.39, 0.29) is 36.4 Å². The number of methoxy groups -OCH3 is 1. The fourth-order valence-electron chi connectivity index (χ4n) is 8.65. The van der Waals surface area contributed by atoms with Gasteiger partial charge in [0.2, 0.25) is 5.91 Å². The molecule has 0 saturated heterocycles. The molecule has 0 radical (unpaired) electrons. The molecule has 7 unspecified atom stereocenters. The largest absolute Gasteiger partial charge is 0.493 e. The first-order chi connectivity index (χ1) is 21.9. The number of rotatable bonds is 5. The average molecular weight is 633 g/mol. The molecule has 9 nitrogen and oxygen atoms in total. The van der Waals surface area contributed by atoms with Crippen molar-refractivity contribution in [2.45, 2.75) is 96.1 Å². The Morgan fingerprint density at radius 1 is 1.09 bits per heavy atom. The van der Waals surface area contributed by atoms with Crippen LogP contribution in [0.4, 0.5) is 4.79 Å². The van der Waals surface area contributed by atoms with Crippen LogP contribution in [0.25, 0.3) is 0 Å². The molecule has 4 saturated carbocycles. The summed E-state index contributed by atoms with van der Waals surface area (Å²) < 4.78 is 24.1. The van der Waals surface area contributed by atoms with Crippen molar-refractivity contribution >= 4 is 18.0 Å². The lowest BCUT2D eigenvalue weighted by molar-refractivity contribution is -0.157. The zero-order valence-corrected chi connectivity index (χ0v) is 28.0. The van der Waals surface area contributed by atoms with Crippen molar-refractivity contribution in [3.63, 3.8) is 0 Å². The second-order valence-electron chi connectivity index (χ2n) is 14.9. The first kappa shape index (κ1) is 32.2. The molecule has 0 aromatic heterocycles. The topological polar surface area (TPSA) is 94.6 Å². The average Bonchev–Trinajstić information content (AvgIpc) is 3.23. The predicted molar refractivity (Wildman–Crippen MR) is 172 cm³/mol. The summed E-state index contributed by atoms with van der Waals surface area (Å²) in [4.78, 5) is 44.9. The lowest BCUT2D eigenvalue weighted by atomic mass is 9.57. The first-order valence-electron chi connectivity index (χ1n) is 16.6. The van der Waals surface area contributed by atoms with Crippen LogP contribution in [0.1, 0.15) is 70.4 Å². The van der Waals surface area contributed by atoms with Gasteiger partial charge in [-0.05, 0) is 106 Å². The highest BCUT2D eigenvalue weighted by Crippen LogP contribution is 2.66. The predicted octanol–water partition coefficient (Wildman–Crippen LogP) is 6.02. The Morgan fingerprint density at radius 2 is 1.85 bits per heavy atom. The van der Waals surface area contributed by atoms with E-state index in [1.54, 1.807) is 21.2 Å². The van der Waals surface area contributed by atoms with E-state index in [1.807, 2.05) is 69.3 Å². The molecule has 2 aromatic rings. The van der Waals surface area contributed by atoms with Gasteiger partial charge >= 0.3 is 12.1 Å². The van der Waals surface area contributed by atoms with E-state index in [2.05, 4.69) is 0 Å². The zero-order valence-electron chi connectivity index (χ0n) is 28.0. The molecule has 5 aliphatic rings. The highest BCUT2D eigenvalue weighted by atomic mass is 16.6. The minimum absolute atomic E-state index is 0.0406. The Hall–Kier alpha value is -3.75. The Morgan fingerprint density at radius 3 is 2.57 bits per heavy atom. The lowest BCUT2D eigenvalue weighted by Crippen LogP contribution is -2.55. The standard InChI is InChI=1S/C37H48N2O7/c1-36(2,3)46-35(42)39(5)28-19-26-18-25-20-37(26)15-14-27(25)32(21-37)45-31-17-24(12-13-30(31)43-6)16-29(38(4)33(28)40)34(41)44-22-23-10-8-7-9-11-23/h7-13,17,25-29,32H,14-16,18-22H2,1-6H3. The third kappa shape index (κ3) is 6.29. The van der Waals surface area contributed by atoms with Crippen molar-refractivity contribution in [3.05, 3.63) is 59.7 Å². The fourth-order valence-corrected chi connectivity index (χ4v) is 8.65. The number of ether oxygens (including phenoxy) is 4. The highest BCUT2D eigenvalue weighted by molar-refractivity contribution is 5.89. The Kier molecular flexibility index (Phi) is 8.72. The van der Waals surface area contributed by atoms with Crippen molar-refractivity contribution in [2.75, 3.05) is 21.2 Å². The molecule has 6 bridgehead atoms. The number of esters is 1. The molecule has 1 heterocycles. The second kappa shape index (κ2) is 12.5. The molecule has 7 rings (SSSR count). The number of fused-ring (bicyclic) bond motifs is 3. The van der Waals surface area contributed by atoms with Gasteiger partial charge in [0.05, 0.1) is 7.11 Å². The van der Waals surface area contributed by atoms with Crippen molar-refractivity contribution < 1.29 is 33.3 Å². The number of nitrogens with zero attached hydrogens (tertiary/aromatic N) is 2. The van der Waals surface area contributed by atoms with Gasteiger partial charge in [-0.2, -0.15) is 0 Å². The van der Waals surface area contributed by atoms with Gasteiger partial charge in [-0.1, -0.05) is 36.4 Å². The van der Waals surface area contributed by atoms with Crippen molar-refractivity contribution in [3.8, 4) is 11.5 Å². The van der Waals surface area contributed by atoms with E-state index in [4.69, 9.17) is 18.9 Å². The molecule has 46 heavy (non-hydrogen) atoms. The van der Waals surface area contributed by atoms with Crippen LogP contribution < -0.4 is 9.47 Å². The molecule has 7 atom stereocenters. The minimum Gasteiger partial charge on any atom is -0.493 e. The molecular weight excluding hydrogens is 584 g/mol. The van der Waals surface area contributed by atoms with Gasteiger partial charge in [0.15, 0.2) is 11.5 Å². The van der Waals surface area contributed by atoms with Gasteiger partial charge in [-0.25, -0.2) is 9.59 Å². The lowest BCUT2D eigenvalue weighted by Gasteiger charge is -2.51. The maximum atomic E-state index is 14.6. The maximum Gasteiger partial charge on any atom is 0.410 e. The quantitative estimate of drug-likeness (QED) is 0.372. The molecular formula is C37H48N2O7. The van der Waals surface area contributed by atoms with Crippen LogP contribution in [0.15, 0.2) is 48.5 Å². The molecule has 1 aliphatic heterocycles. The summed E-state index contributed by atoms with van der Waals surface area (Å²) in [5.41, 5.74) is 1.00. The molecule has 9 heteroatoms. The molecule has 4 fully saturated rings. The van der Waals surface area contributed by atoms with E-state index < -0.39 is 29.7 Å². The van der Waals surface area contributed by atoms with Crippen LogP contribution >= 0.6 is 0 Å². The first-order valence-corrected chi connectivity index (χ1v) is 16.6. The summed E-state index contributed by atoms with van der Waals surface area (Å²) in [6, 6.07) is 13.5. The number of hydrogen-bond acceptors (Lipinski definition) is 7. The molecule has 4 aliphatic carbocycles. The van der Waals surface area contributed by atoms with Crippen LogP contribution in [0.2, 0.25) is 0 Å². The second-order valence-corrected chi connectivity index (χ2v) is 14.9. The third-order valence-electron chi connectivity index (χ3n) is 11.0. The van der Waals surface area contributed by atoms with Gasteiger partial charge in [0.1, 0.15) is 30.4 Å². The monoisotopic (exact) mass is 632 g/mol. The van der Waals surface area contributed by atoms with Crippen molar-refractivity contribution in [1.29, 1.82) is 0 Å². The normalized spacial score (nSPS) is 30.3. The number of hydrogen-bond donors (Lipinski definition) is 0. The van der Waals surface area contributed by atoms with Crippen LogP contribution in [-0.4, -0.2) is 72.8 Å². The summed E-state index contributed by atoms with van der Waals surface area (Å²) in [5.74, 6) is 1.72. The summed E-state index contributed by atoms with van der Waals surface area (Å²) >= 11 is 0. The molecule has 248 valence electrons. The molecule has 2 aromatic carbocycles. The smallest absolute Gasteiger partial charge is 0.410 e. The summed E-state index contributed by atoms with van der Waals surface area (Å²) in [6.07, 6.45) is 5.47. The number of benzene rings is 2. The number of likely N-dealkylation sites (N-methyl/N-ethyl adjacent to an activating group) is 2. The van der Waals surface area contributed by atoms with E-state index in [1.165, 1.54) is 9.80 Å². The van der Waals surface area contributed by atoms with E-state index in [0.717, 1.165) is 43.2 Å². The minimum atomic E-state index is -0.933. The van der Waals surface area contributed by atoms with Gasteiger partial charge < -0.3 is 23.8 Å². The van der Waals surface area contributed by atoms with Gasteiger partial charge in [0, 0.05) is 20.5 Å². The zero-order chi connectivity index (χ0) is 32.8. The Bertz CT molecular complexity index is 1460. The van der Waals surface area contributed by atoms with Crippen LogP contribution in [0.3, 0.4) is 0 Å².